The van der Waals surface area contributed by atoms with Gasteiger partial charge in [0, 0.05) is 17.6 Å². The van der Waals surface area contributed by atoms with Crippen LogP contribution < -0.4 is 0 Å². The number of rotatable bonds is 6. The summed E-state index contributed by atoms with van der Waals surface area (Å²) in [4.78, 5) is 54.2. The lowest BCUT2D eigenvalue weighted by Gasteiger charge is -2.29. The first kappa shape index (κ1) is 23.2. The van der Waals surface area contributed by atoms with E-state index in [9.17, 15) is 19.2 Å². The Bertz CT molecular complexity index is 1060. The average molecular weight is 437 g/mol. The summed E-state index contributed by atoms with van der Waals surface area (Å²) in [5.41, 5.74) is 0.861. The van der Waals surface area contributed by atoms with Crippen molar-refractivity contribution in [2.24, 2.45) is 0 Å². The minimum Gasteiger partial charge on any atom is -0.464 e. The van der Waals surface area contributed by atoms with Crippen LogP contribution in [-0.4, -0.2) is 51.7 Å². The number of carbonyl (C=O) groups excluding carboxylic acids is 4. The molecular weight excluding hydrogens is 408 g/mol. The molecule has 0 aliphatic carbocycles. The molecule has 2 aromatic carbocycles. The van der Waals surface area contributed by atoms with Crippen LogP contribution in [0.25, 0.3) is 0 Å². The molecule has 0 saturated heterocycles. The Morgan fingerprint density at radius 2 is 1.62 bits per heavy atom. The molecule has 0 spiro atoms. The summed E-state index contributed by atoms with van der Waals surface area (Å²) in [6, 6.07) is 12.9. The predicted molar refractivity (Wildman–Crippen MR) is 119 cm³/mol. The van der Waals surface area contributed by atoms with E-state index in [1.807, 2.05) is 30.3 Å². The molecule has 32 heavy (non-hydrogen) atoms. The van der Waals surface area contributed by atoms with Crippen molar-refractivity contribution in [2.45, 2.75) is 52.7 Å². The van der Waals surface area contributed by atoms with Crippen LogP contribution in [0.2, 0.25) is 0 Å². The fraction of sp³-hybridized carbons (Fsp3) is 0.360. The molecule has 3 amide bonds. The molecule has 3 rings (SSSR count). The summed E-state index contributed by atoms with van der Waals surface area (Å²) in [6.45, 7) is 9.06. The highest BCUT2D eigenvalue weighted by Crippen LogP contribution is 2.30. The van der Waals surface area contributed by atoms with Crippen molar-refractivity contribution >= 4 is 23.7 Å². The van der Waals surface area contributed by atoms with Crippen molar-refractivity contribution in [3.05, 3.63) is 70.8 Å². The second-order valence-electron chi connectivity index (χ2n) is 8.72. The Hall–Kier alpha value is -3.48. The van der Waals surface area contributed by atoms with Crippen LogP contribution in [0.1, 0.15) is 71.3 Å². The molecule has 0 aromatic heterocycles. The first-order valence-electron chi connectivity index (χ1n) is 10.6. The van der Waals surface area contributed by atoms with Crippen molar-refractivity contribution in [1.82, 2.24) is 9.80 Å². The topological polar surface area (TPSA) is 84.0 Å². The maximum Gasteiger partial charge on any atom is 0.328 e. The van der Waals surface area contributed by atoms with Crippen molar-refractivity contribution in [3.63, 3.8) is 0 Å². The van der Waals surface area contributed by atoms with Gasteiger partial charge in [-0.15, -0.1) is 0 Å². The fourth-order valence-corrected chi connectivity index (χ4v) is 3.70. The van der Waals surface area contributed by atoms with Gasteiger partial charge in [-0.3, -0.25) is 19.3 Å². The summed E-state index contributed by atoms with van der Waals surface area (Å²) in [6.07, 6.45) is 0. The predicted octanol–water partition coefficient (Wildman–Crippen LogP) is 3.68. The van der Waals surface area contributed by atoms with Crippen molar-refractivity contribution in [1.29, 1.82) is 0 Å². The Morgan fingerprint density at radius 3 is 2.22 bits per heavy atom. The second kappa shape index (κ2) is 8.94. The maximum absolute atomic E-state index is 13.5. The number of benzene rings is 2. The first-order valence-corrected chi connectivity index (χ1v) is 10.6. The zero-order chi connectivity index (χ0) is 23.6. The van der Waals surface area contributed by atoms with E-state index in [1.165, 1.54) is 28.0 Å². The molecular formula is C25H28N2O5. The number of ether oxygens (including phenoxy) is 1. The third-order valence-electron chi connectivity index (χ3n) is 5.36. The van der Waals surface area contributed by atoms with Crippen LogP contribution in [0.15, 0.2) is 48.5 Å². The van der Waals surface area contributed by atoms with E-state index in [0.717, 1.165) is 5.56 Å². The highest BCUT2D eigenvalue weighted by molar-refractivity contribution is 6.22. The molecule has 1 heterocycles. The summed E-state index contributed by atoms with van der Waals surface area (Å²) < 4.78 is 5.13. The van der Waals surface area contributed by atoms with Crippen molar-refractivity contribution in [2.75, 3.05) is 6.61 Å². The molecule has 0 bridgehead atoms. The lowest BCUT2D eigenvalue weighted by molar-refractivity contribution is -0.148. The van der Waals surface area contributed by atoms with E-state index in [0.29, 0.717) is 0 Å². The number of hydrogen-bond acceptors (Lipinski definition) is 5. The van der Waals surface area contributed by atoms with Crippen LogP contribution in [0.4, 0.5) is 0 Å². The number of imide groups is 1. The van der Waals surface area contributed by atoms with E-state index in [4.69, 9.17) is 4.74 Å². The number of esters is 1. The number of carbonyl (C=O) groups is 4. The minimum absolute atomic E-state index is 0.192. The van der Waals surface area contributed by atoms with Crippen molar-refractivity contribution < 1.29 is 23.9 Å². The van der Waals surface area contributed by atoms with Gasteiger partial charge < -0.3 is 9.64 Å². The molecule has 0 fully saturated rings. The van der Waals surface area contributed by atoms with E-state index in [2.05, 4.69) is 0 Å². The lowest BCUT2D eigenvalue weighted by Crippen LogP contribution is -2.45. The van der Waals surface area contributed by atoms with E-state index < -0.39 is 29.4 Å². The molecule has 7 nitrogen and oxygen atoms in total. The van der Waals surface area contributed by atoms with Crippen molar-refractivity contribution in [3.8, 4) is 0 Å². The molecule has 1 atom stereocenters. The molecule has 7 heteroatoms. The number of amides is 3. The van der Waals surface area contributed by atoms with Crippen LogP contribution in [-0.2, 0) is 16.1 Å². The molecule has 0 saturated carbocycles. The molecule has 1 aliphatic heterocycles. The number of nitrogens with zero attached hydrogens (tertiary/aromatic N) is 2. The standard InChI is InChI=1S/C25H28N2O5/c1-6-32-24(31)16(2)26(15-17-10-8-7-9-11-17)21(28)18-12-13-19-20(14-18)23(30)27(22(19)29)25(3,4)5/h7-14,16H,6,15H2,1-5H3. The smallest absolute Gasteiger partial charge is 0.328 e. The Morgan fingerprint density at radius 1 is 1.00 bits per heavy atom. The fourth-order valence-electron chi connectivity index (χ4n) is 3.70. The van der Waals surface area contributed by atoms with Gasteiger partial charge in [0.15, 0.2) is 0 Å². The van der Waals surface area contributed by atoms with Gasteiger partial charge >= 0.3 is 5.97 Å². The molecule has 0 radical (unpaired) electrons. The Kier molecular flexibility index (Phi) is 6.48. The highest BCUT2D eigenvalue weighted by Gasteiger charge is 2.42. The van der Waals surface area contributed by atoms with Gasteiger partial charge in [0.25, 0.3) is 17.7 Å². The highest BCUT2D eigenvalue weighted by atomic mass is 16.5. The van der Waals surface area contributed by atoms with Gasteiger partial charge in [-0.05, 0) is 58.4 Å². The maximum atomic E-state index is 13.5. The molecule has 0 N–H and O–H groups in total. The van der Waals surface area contributed by atoms with Crippen LogP contribution >= 0.6 is 0 Å². The molecule has 168 valence electrons. The number of fused-ring (bicyclic) bond motifs is 1. The molecule has 1 aliphatic rings. The van der Waals surface area contributed by atoms with Crippen LogP contribution in [0.3, 0.4) is 0 Å². The van der Waals surface area contributed by atoms with Crippen LogP contribution in [0.5, 0.6) is 0 Å². The third kappa shape index (κ3) is 4.42. The van der Waals surface area contributed by atoms with Gasteiger partial charge in [-0.25, -0.2) is 4.79 Å². The quantitative estimate of drug-likeness (QED) is 0.510. The van der Waals surface area contributed by atoms with Gasteiger partial charge in [-0.1, -0.05) is 30.3 Å². The second-order valence-corrected chi connectivity index (χ2v) is 8.72. The Balaban J connectivity index is 1.97. The third-order valence-corrected chi connectivity index (χ3v) is 5.36. The summed E-state index contributed by atoms with van der Waals surface area (Å²) in [7, 11) is 0. The monoisotopic (exact) mass is 436 g/mol. The van der Waals surface area contributed by atoms with Gasteiger partial charge in [0.1, 0.15) is 6.04 Å². The normalized spacial score (nSPS) is 14.2. The van der Waals surface area contributed by atoms with E-state index in [1.54, 1.807) is 34.6 Å². The molecule has 2 aromatic rings. The minimum atomic E-state index is -0.834. The zero-order valence-corrected chi connectivity index (χ0v) is 19.0. The van der Waals surface area contributed by atoms with Crippen LogP contribution in [0, 0.1) is 0 Å². The summed E-state index contributed by atoms with van der Waals surface area (Å²) in [5, 5.41) is 0. The average Bonchev–Trinajstić information content (AvgIpc) is 3.01. The lowest BCUT2D eigenvalue weighted by atomic mass is 10.0. The van der Waals surface area contributed by atoms with Gasteiger partial charge in [-0.2, -0.15) is 0 Å². The van der Waals surface area contributed by atoms with Gasteiger partial charge in [0.2, 0.25) is 0 Å². The van der Waals surface area contributed by atoms with E-state index in [-0.39, 0.29) is 35.7 Å². The number of hydrogen-bond donors (Lipinski definition) is 0. The molecule has 1 unspecified atom stereocenters. The first-order chi connectivity index (χ1) is 15.1. The SMILES string of the molecule is CCOC(=O)C(C)N(Cc1ccccc1)C(=O)c1ccc2c(c1)C(=O)N(C(C)(C)C)C2=O. The summed E-state index contributed by atoms with van der Waals surface area (Å²) in [5.74, 6) is -1.74. The summed E-state index contributed by atoms with van der Waals surface area (Å²) >= 11 is 0. The van der Waals surface area contributed by atoms with E-state index >= 15 is 0 Å². The largest absolute Gasteiger partial charge is 0.464 e. The van der Waals surface area contributed by atoms with Gasteiger partial charge in [0.05, 0.1) is 17.7 Å². The Labute approximate surface area is 188 Å². The zero-order valence-electron chi connectivity index (χ0n) is 19.0.